The molecule has 4 nitrogen and oxygen atoms in total. The number of benzene rings is 2. The van der Waals surface area contributed by atoms with Crippen LogP contribution in [0, 0.1) is 6.92 Å². The molecule has 0 bridgehead atoms. The molecule has 1 aromatic heterocycles. The van der Waals surface area contributed by atoms with Crippen LogP contribution >= 0.6 is 11.3 Å². The highest BCUT2D eigenvalue weighted by atomic mass is 32.1. The number of rotatable bonds is 5. The number of ether oxygens (including phenoxy) is 1. The van der Waals surface area contributed by atoms with Crippen molar-refractivity contribution in [2.75, 3.05) is 12.5 Å². The van der Waals surface area contributed by atoms with Gasteiger partial charge in [0.25, 0.3) is 0 Å². The van der Waals surface area contributed by atoms with Crippen LogP contribution in [0.15, 0.2) is 59.0 Å². The Labute approximate surface area is 139 Å². The van der Waals surface area contributed by atoms with Gasteiger partial charge in [-0.05, 0) is 36.8 Å². The second-order valence-corrected chi connectivity index (χ2v) is 5.91. The van der Waals surface area contributed by atoms with Crippen LogP contribution in [0.3, 0.4) is 0 Å². The molecular weight excluding hydrogens is 306 g/mol. The number of nitrogens with one attached hydrogen (secondary N) is 1. The molecule has 0 aliphatic heterocycles. The summed E-state index contributed by atoms with van der Waals surface area (Å²) in [6, 6.07) is 16.0. The minimum Gasteiger partial charge on any atom is -0.497 e. The van der Waals surface area contributed by atoms with Crippen molar-refractivity contribution in [1.82, 2.24) is 4.98 Å². The van der Waals surface area contributed by atoms with Gasteiger partial charge in [0.1, 0.15) is 5.75 Å². The van der Waals surface area contributed by atoms with Crippen molar-refractivity contribution in [3.8, 4) is 17.0 Å². The lowest BCUT2D eigenvalue weighted by Gasteiger charge is -1.99. The number of hydrogen-bond donors (Lipinski definition) is 1. The molecule has 2 aromatic carbocycles. The summed E-state index contributed by atoms with van der Waals surface area (Å²) >= 11 is 1.53. The van der Waals surface area contributed by atoms with Crippen LogP contribution in [0.1, 0.15) is 11.1 Å². The van der Waals surface area contributed by atoms with E-state index in [0.29, 0.717) is 0 Å². The maximum Gasteiger partial charge on any atom is 0.203 e. The zero-order valence-corrected chi connectivity index (χ0v) is 13.8. The van der Waals surface area contributed by atoms with Gasteiger partial charge < -0.3 is 4.74 Å². The minimum atomic E-state index is 0.769. The monoisotopic (exact) mass is 323 g/mol. The fourth-order valence-electron chi connectivity index (χ4n) is 2.03. The highest BCUT2D eigenvalue weighted by Crippen LogP contribution is 2.25. The number of nitrogens with zero attached hydrogens (tertiary/aromatic N) is 2. The fourth-order valence-corrected chi connectivity index (χ4v) is 2.70. The molecule has 0 aliphatic rings. The minimum absolute atomic E-state index is 0.769. The number of hydrazone groups is 1. The van der Waals surface area contributed by atoms with Gasteiger partial charge in [-0.1, -0.05) is 29.8 Å². The second kappa shape index (κ2) is 7.07. The van der Waals surface area contributed by atoms with E-state index < -0.39 is 0 Å². The summed E-state index contributed by atoms with van der Waals surface area (Å²) in [7, 11) is 1.65. The van der Waals surface area contributed by atoms with E-state index in [1.165, 1.54) is 16.9 Å². The Morgan fingerprint density at radius 1 is 1.09 bits per heavy atom. The number of hydrogen-bond acceptors (Lipinski definition) is 5. The number of aryl methyl sites for hydroxylation is 1. The number of thiazole rings is 1. The summed E-state index contributed by atoms with van der Waals surface area (Å²) in [6.07, 6.45) is 1.76. The van der Waals surface area contributed by atoms with E-state index in [2.05, 4.69) is 46.7 Å². The Morgan fingerprint density at radius 3 is 2.52 bits per heavy atom. The number of anilines is 1. The van der Waals surface area contributed by atoms with Crippen molar-refractivity contribution in [1.29, 1.82) is 0 Å². The average Bonchev–Trinajstić information content (AvgIpc) is 3.05. The molecule has 0 unspecified atom stereocenters. The lowest BCUT2D eigenvalue weighted by Crippen LogP contribution is -1.90. The molecule has 3 aromatic rings. The Balaban J connectivity index is 1.64. The SMILES string of the molecule is COc1ccc(/C=N\Nc2nc(-c3ccc(C)cc3)cs2)cc1. The maximum absolute atomic E-state index is 5.13. The molecule has 0 fully saturated rings. The molecule has 0 radical (unpaired) electrons. The zero-order chi connectivity index (χ0) is 16.1. The predicted molar refractivity (Wildman–Crippen MR) is 96.5 cm³/mol. The van der Waals surface area contributed by atoms with Gasteiger partial charge >= 0.3 is 0 Å². The summed E-state index contributed by atoms with van der Waals surface area (Å²) in [5, 5.41) is 7.01. The van der Waals surface area contributed by atoms with Crippen molar-refractivity contribution >= 4 is 22.7 Å². The van der Waals surface area contributed by atoms with Gasteiger partial charge in [0.15, 0.2) is 0 Å². The Hall–Kier alpha value is -2.66. The Bertz CT molecular complexity index is 792. The van der Waals surface area contributed by atoms with Gasteiger partial charge in [-0.3, -0.25) is 5.43 Å². The smallest absolute Gasteiger partial charge is 0.203 e. The lowest BCUT2D eigenvalue weighted by atomic mass is 10.1. The third kappa shape index (κ3) is 3.96. The summed E-state index contributed by atoms with van der Waals surface area (Å²) in [6.45, 7) is 2.08. The summed E-state index contributed by atoms with van der Waals surface area (Å²) in [5.41, 5.74) is 7.27. The van der Waals surface area contributed by atoms with E-state index in [-0.39, 0.29) is 0 Å². The van der Waals surface area contributed by atoms with Crippen LogP contribution in [0.5, 0.6) is 5.75 Å². The second-order valence-electron chi connectivity index (χ2n) is 5.05. The van der Waals surface area contributed by atoms with Crippen molar-refractivity contribution in [3.05, 3.63) is 65.0 Å². The molecular formula is C18H17N3OS. The Morgan fingerprint density at radius 2 is 1.83 bits per heavy atom. The molecule has 23 heavy (non-hydrogen) atoms. The first-order valence-electron chi connectivity index (χ1n) is 7.20. The van der Waals surface area contributed by atoms with Gasteiger partial charge in [-0.15, -0.1) is 11.3 Å². The number of aromatic nitrogens is 1. The van der Waals surface area contributed by atoms with E-state index in [4.69, 9.17) is 4.74 Å². The van der Waals surface area contributed by atoms with E-state index in [1.807, 2.05) is 29.6 Å². The molecule has 5 heteroatoms. The molecule has 1 heterocycles. The van der Waals surface area contributed by atoms with E-state index in [9.17, 15) is 0 Å². The normalized spacial score (nSPS) is 10.9. The standard InChI is InChI=1S/C18H17N3OS/c1-13-3-7-15(8-4-13)17-12-23-18(20-17)21-19-11-14-5-9-16(22-2)10-6-14/h3-12H,1-2H3,(H,20,21)/b19-11-. The first-order valence-corrected chi connectivity index (χ1v) is 8.08. The molecule has 0 saturated carbocycles. The van der Waals surface area contributed by atoms with E-state index in [1.54, 1.807) is 13.3 Å². The van der Waals surface area contributed by atoms with E-state index >= 15 is 0 Å². The molecule has 3 rings (SSSR count). The largest absolute Gasteiger partial charge is 0.497 e. The molecule has 0 aliphatic carbocycles. The first-order chi connectivity index (χ1) is 11.2. The third-order valence-electron chi connectivity index (χ3n) is 3.34. The van der Waals surface area contributed by atoms with Crippen LogP contribution in [0.4, 0.5) is 5.13 Å². The zero-order valence-electron chi connectivity index (χ0n) is 13.0. The quantitative estimate of drug-likeness (QED) is 0.552. The van der Waals surface area contributed by atoms with Crippen LogP contribution in [-0.4, -0.2) is 18.3 Å². The molecule has 1 N–H and O–H groups in total. The van der Waals surface area contributed by atoms with Gasteiger partial charge in [-0.2, -0.15) is 5.10 Å². The summed E-state index contributed by atoms with van der Waals surface area (Å²) < 4.78 is 5.13. The predicted octanol–water partition coefficient (Wildman–Crippen LogP) is 4.57. The van der Waals surface area contributed by atoms with Gasteiger partial charge in [0.05, 0.1) is 19.0 Å². The first kappa shape index (κ1) is 15.2. The molecule has 0 spiro atoms. The average molecular weight is 323 g/mol. The lowest BCUT2D eigenvalue weighted by molar-refractivity contribution is 0.415. The van der Waals surface area contributed by atoms with Gasteiger partial charge in [0.2, 0.25) is 5.13 Å². The molecule has 116 valence electrons. The van der Waals surface area contributed by atoms with Crippen LogP contribution < -0.4 is 10.2 Å². The molecule has 0 amide bonds. The number of methoxy groups -OCH3 is 1. The molecule has 0 saturated heterocycles. The maximum atomic E-state index is 5.13. The van der Waals surface area contributed by atoms with E-state index in [0.717, 1.165) is 27.7 Å². The topological polar surface area (TPSA) is 46.5 Å². The van der Waals surface area contributed by atoms with Gasteiger partial charge in [0, 0.05) is 10.9 Å². The van der Waals surface area contributed by atoms with Crippen molar-refractivity contribution in [2.45, 2.75) is 6.92 Å². The summed E-state index contributed by atoms with van der Waals surface area (Å²) in [4.78, 5) is 4.54. The van der Waals surface area contributed by atoms with Gasteiger partial charge in [-0.25, -0.2) is 4.98 Å². The highest BCUT2D eigenvalue weighted by Gasteiger charge is 2.03. The van der Waals surface area contributed by atoms with Crippen LogP contribution in [0.2, 0.25) is 0 Å². The van der Waals surface area contributed by atoms with Crippen molar-refractivity contribution in [2.24, 2.45) is 5.10 Å². The third-order valence-corrected chi connectivity index (χ3v) is 4.09. The van der Waals surface area contributed by atoms with Crippen molar-refractivity contribution in [3.63, 3.8) is 0 Å². The highest BCUT2D eigenvalue weighted by molar-refractivity contribution is 7.14. The van der Waals surface area contributed by atoms with Crippen molar-refractivity contribution < 1.29 is 4.74 Å². The van der Waals surface area contributed by atoms with Crippen LogP contribution in [-0.2, 0) is 0 Å². The van der Waals surface area contributed by atoms with Crippen LogP contribution in [0.25, 0.3) is 11.3 Å². The fraction of sp³-hybridized carbons (Fsp3) is 0.111. The molecule has 0 atom stereocenters. The Kier molecular flexibility index (Phi) is 4.68. The summed E-state index contributed by atoms with van der Waals surface area (Å²) in [5.74, 6) is 0.831.